The van der Waals surface area contributed by atoms with Crippen LogP contribution in [0.25, 0.3) is 0 Å². The average molecular weight is 106 g/mol. The van der Waals surface area contributed by atoms with Gasteiger partial charge in [0.2, 0.25) is 0 Å². The molecule has 0 aromatic rings. The van der Waals surface area contributed by atoms with Crippen molar-refractivity contribution in [1.29, 1.82) is 0 Å². The molecule has 0 nitrogen and oxygen atoms in total. The summed E-state index contributed by atoms with van der Waals surface area (Å²) in [5.41, 5.74) is 0. The second-order valence-corrected chi connectivity index (χ2v) is 3.95. The fourth-order valence-electron chi connectivity index (χ4n) is 0.250. The average Bonchev–Trinajstić information content (AvgIpc) is 1.41. The Hall–Kier alpha value is 0.714. The van der Waals surface area contributed by atoms with Crippen molar-refractivity contribution in [2.75, 3.05) is 0 Å². The summed E-state index contributed by atoms with van der Waals surface area (Å²) in [7, 11) is 0. The van der Waals surface area contributed by atoms with E-state index >= 15 is 0 Å². The van der Waals surface area contributed by atoms with Crippen molar-refractivity contribution in [3.63, 3.8) is 0 Å². The van der Waals surface area contributed by atoms with Crippen LogP contribution in [0.2, 0.25) is 9.45 Å². The molecule has 0 aliphatic rings. The van der Waals surface area contributed by atoms with Crippen molar-refractivity contribution in [3.05, 3.63) is 0 Å². The zero-order valence-electron chi connectivity index (χ0n) is 3.91. The molecule has 0 bridgehead atoms. The number of hydrogen-bond donors (Lipinski definition) is 0. The predicted octanol–water partition coefficient (Wildman–Crippen LogP) is 1.95. The first-order chi connectivity index (χ1) is 2.41. The van der Waals surface area contributed by atoms with Crippen LogP contribution in [-0.4, -0.2) is 0 Å². The molecular formula is C4H10Ti. The van der Waals surface area contributed by atoms with Gasteiger partial charge < -0.3 is 0 Å². The zero-order chi connectivity index (χ0) is 4.12. The topological polar surface area (TPSA) is 0 Å². The van der Waals surface area contributed by atoms with Gasteiger partial charge in [-0.25, -0.2) is 0 Å². The molecule has 0 aromatic heterocycles. The van der Waals surface area contributed by atoms with Gasteiger partial charge in [0.25, 0.3) is 0 Å². The standard InChI is InChI=1S/2C2H5.Ti/c2*1-2;/h2*1H2,2H3;. The SMILES string of the molecule is C[CH2][Ti][CH2]C. The van der Waals surface area contributed by atoms with Crippen LogP contribution in [0.5, 0.6) is 0 Å². The summed E-state index contributed by atoms with van der Waals surface area (Å²) < 4.78 is 2.94. The Bertz CT molecular complexity index is 11.1. The van der Waals surface area contributed by atoms with E-state index < -0.39 is 0 Å². The Morgan fingerprint density at radius 2 is 1.60 bits per heavy atom. The summed E-state index contributed by atoms with van der Waals surface area (Å²) in [6.07, 6.45) is 0. The Labute approximate surface area is 42.9 Å². The molecule has 0 aliphatic heterocycles. The molecule has 0 aromatic carbocycles. The summed E-state index contributed by atoms with van der Waals surface area (Å²) in [4.78, 5) is 0. The third-order valence-electron chi connectivity index (χ3n) is 0.500. The van der Waals surface area contributed by atoms with Crippen LogP contribution < -0.4 is 0 Å². The summed E-state index contributed by atoms with van der Waals surface area (Å²) in [6.45, 7) is 4.53. The Morgan fingerprint density at radius 1 is 1.20 bits per heavy atom. The number of rotatable bonds is 2. The third kappa shape index (κ3) is 4.71. The molecule has 0 atom stereocenters. The molecule has 0 amide bonds. The second kappa shape index (κ2) is 4.71. The van der Waals surface area contributed by atoms with E-state index in [0.717, 1.165) is 0 Å². The van der Waals surface area contributed by atoms with Crippen LogP contribution >= 0.6 is 0 Å². The van der Waals surface area contributed by atoms with E-state index in [1.807, 2.05) is 0 Å². The monoisotopic (exact) mass is 106 g/mol. The van der Waals surface area contributed by atoms with Crippen molar-refractivity contribution in [2.24, 2.45) is 0 Å². The third-order valence-corrected chi connectivity index (χ3v) is 2.06. The van der Waals surface area contributed by atoms with Crippen LogP contribution in [0, 0.1) is 0 Å². The fourth-order valence-corrected chi connectivity index (χ4v) is 1.03. The molecule has 0 radical (unpaired) electrons. The summed E-state index contributed by atoms with van der Waals surface area (Å²) in [5, 5.41) is 0. The van der Waals surface area contributed by atoms with Gasteiger partial charge >= 0.3 is 42.5 Å². The first-order valence-corrected chi connectivity index (χ1v) is 4.33. The van der Waals surface area contributed by atoms with E-state index in [9.17, 15) is 0 Å². The summed E-state index contributed by atoms with van der Waals surface area (Å²) >= 11 is 0.528. The van der Waals surface area contributed by atoms with Crippen LogP contribution in [0.3, 0.4) is 0 Å². The zero-order valence-corrected chi connectivity index (χ0v) is 5.48. The van der Waals surface area contributed by atoms with Gasteiger partial charge in [0.1, 0.15) is 0 Å². The molecule has 0 N–H and O–H groups in total. The van der Waals surface area contributed by atoms with Gasteiger partial charge in [-0.05, 0) is 0 Å². The van der Waals surface area contributed by atoms with Gasteiger partial charge in [-0.2, -0.15) is 0 Å². The normalized spacial score (nSPS) is 7.60. The van der Waals surface area contributed by atoms with Gasteiger partial charge in [-0.3, -0.25) is 0 Å². The minimum atomic E-state index is 0.528. The van der Waals surface area contributed by atoms with Crippen molar-refractivity contribution < 1.29 is 19.2 Å². The van der Waals surface area contributed by atoms with E-state index in [2.05, 4.69) is 13.8 Å². The van der Waals surface area contributed by atoms with E-state index in [-0.39, 0.29) is 0 Å². The van der Waals surface area contributed by atoms with Crippen LogP contribution in [0.1, 0.15) is 13.8 Å². The summed E-state index contributed by atoms with van der Waals surface area (Å²) in [5.74, 6) is 0. The van der Waals surface area contributed by atoms with Crippen LogP contribution in [0.4, 0.5) is 0 Å². The Morgan fingerprint density at radius 3 is 1.60 bits per heavy atom. The maximum atomic E-state index is 2.27. The Balaban J connectivity index is 2.19. The maximum absolute atomic E-state index is 2.27. The molecule has 30 valence electrons. The Kier molecular flexibility index (Phi) is 5.39. The van der Waals surface area contributed by atoms with Gasteiger partial charge in [-0.15, -0.1) is 0 Å². The second-order valence-electron chi connectivity index (χ2n) is 0.957. The van der Waals surface area contributed by atoms with Crippen molar-refractivity contribution in [3.8, 4) is 0 Å². The molecule has 0 saturated carbocycles. The van der Waals surface area contributed by atoms with E-state index in [1.54, 1.807) is 0 Å². The van der Waals surface area contributed by atoms with Crippen molar-refractivity contribution in [2.45, 2.75) is 23.3 Å². The van der Waals surface area contributed by atoms with Crippen molar-refractivity contribution >= 4 is 0 Å². The molecule has 0 heterocycles. The van der Waals surface area contributed by atoms with E-state index in [1.165, 1.54) is 9.45 Å². The molecule has 0 aliphatic carbocycles. The van der Waals surface area contributed by atoms with Gasteiger partial charge in [0, 0.05) is 0 Å². The molecule has 0 saturated heterocycles. The fraction of sp³-hybridized carbons (Fsp3) is 1.00. The molecule has 5 heavy (non-hydrogen) atoms. The van der Waals surface area contributed by atoms with Gasteiger partial charge in [-0.1, -0.05) is 0 Å². The predicted molar refractivity (Wildman–Crippen MR) is 21.0 cm³/mol. The van der Waals surface area contributed by atoms with E-state index in [0.29, 0.717) is 19.2 Å². The molecule has 0 fully saturated rings. The summed E-state index contributed by atoms with van der Waals surface area (Å²) in [6, 6.07) is 0. The van der Waals surface area contributed by atoms with Gasteiger partial charge in [0.15, 0.2) is 0 Å². The quantitative estimate of drug-likeness (QED) is 0.472. The molecule has 1 heteroatoms. The molecular weight excluding hydrogens is 95.9 g/mol. The first kappa shape index (κ1) is 5.71. The van der Waals surface area contributed by atoms with Crippen LogP contribution in [0.15, 0.2) is 0 Å². The molecule has 0 spiro atoms. The molecule has 0 unspecified atom stereocenters. The molecule has 0 rings (SSSR count). The number of hydrogen-bond acceptors (Lipinski definition) is 0. The minimum absolute atomic E-state index is 0.528. The first-order valence-electron chi connectivity index (χ1n) is 2.12. The van der Waals surface area contributed by atoms with Crippen LogP contribution in [-0.2, 0) is 19.2 Å². The van der Waals surface area contributed by atoms with E-state index in [4.69, 9.17) is 0 Å². The van der Waals surface area contributed by atoms with Crippen molar-refractivity contribution in [1.82, 2.24) is 0 Å². The van der Waals surface area contributed by atoms with Gasteiger partial charge in [0.05, 0.1) is 0 Å².